The van der Waals surface area contributed by atoms with Gasteiger partial charge in [-0.3, -0.25) is 9.09 Å². The highest BCUT2D eigenvalue weighted by Gasteiger charge is 2.46. The number of nitrogens with zero attached hydrogens (tertiary/aromatic N) is 9. The minimum absolute atomic E-state index is 0.332. The van der Waals surface area contributed by atoms with Crippen molar-refractivity contribution in [3.05, 3.63) is 130 Å². The van der Waals surface area contributed by atoms with Crippen LogP contribution in [0.3, 0.4) is 0 Å². The lowest BCUT2D eigenvalue weighted by atomic mass is 10.1. The number of hydrogen-bond donors (Lipinski definition) is 2. The maximum atomic E-state index is 11.4. The Morgan fingerprint density at radius 3 is 1.49 bits per heavy atom. The van der Waals surface area contributed by atoms with Gasteiger partial charge < -0.3 is 24.0 Å². The van der Waals surface area contributed by atoms with Gasteiger partial charge in [-0.1, -0.05) is 44.1 Å². The third-order valence-corrected chi connectivity index (χ3v) is 20.4. The SMILES string of the molecule is CCCCC(C)(N=[N+]=[N-])Oc1ccc(/C=N/N(C)[P+](=S)C(C)(CCC)Oc2ccc(/C=N/N(C)[P+](=S)Oc3ccc(/C=N/N(C)[P+](=S)C(C)(CC)Oc4ccc(CP(=O)(O)O)cc4)cc3)cc2)cc1. The average molecular weight is 1070 g/mol. The van der Waals surface area contributed by atoms with E-state index in [1.807, 2.05) is 108 Å². The zero-order valence-corrected chi connectivity index (χ0v) is 46.4. The first-order valence-electron chi connectivity index (χ1n) is 22.1. The summed E-state index contributed by atoms with van der Waals surface area (Å²) in [7, 11) is -0.230. The van der Waals surface area contributed by atoms with E-state index in [-0.39, 0.29) is 6.16 Å². The normalized spacial score (nSPS) is 15.0. The van der Waals surface area contributed by atoms with Gasteiger partial charge in [-0.2, -0.15) is 0 Å². The summed E-state index contributed by atoms with van der Waals surface area (Å²) in [5.41, 5.74) is 11.2. The Hall–Kier alpha value is -4.49. The zero-order valence-electron chi connectivity index (χ0n) is 40.4. The molecule has 23 heteroatoms. The maximum absolute atomic E-state index is 11.4. The molecule has 0 aromatic heterocycles. The van der Waals surface area contributed by atoms with Gasteiger partial charge in [0.2, 0.25) is 11.8 Å². The van der Waals surface area contributed by atoms with Crippen LogP contribution in [0.25, 0.3) is 10.4 Å². The fourth-order valence-electron chi connectivity index (χ4n) is 6.49. The van der Waals surface area contributed by atoms with Crippen molar-refractivity contribution in [1.29, 1.82) is 0 Å². The van der Waals surface area contributed by atoms with Crippen LogP contribution >= 0.6 is 28.4 Å². The first-order valence-corrected chi connectivity index (χ1v) is 30.8. The molecule has 0 amide bonds. The number of hydrogen-bond acceptors (Lipinski definition) is 12. The summed E-state index contributed by atoms with van der Waals surface area (Å²) >= 11 is 17.7. The molecule has 2 N–H and O–H groups in total. The molecule has 4 rings (SSSR count). The molecule has 0 heterocycles. The van der Waals surface area contributed by atoms with Crippen molar-refractivity contribution in [1.82, 2.24) is 14.3 Å². The number of rotatable bonds is 28. The smallest absolute Gasteiger partial charge is 0.481 e. The Kier molecular flexibility index (Phi) is 22.0. The molecule has 69 heavy (non-hydrogen) atoms. The van der Waals surface area contributed by atoms with Gasteiger partial charge in [0.15, 0.2) is 35.1 Å². The minimum atomic E-state index is -4.17. The quantitative estimate of drug-likeness (QED) is 0.0137. The second-order valence-electron chi connectivity index (χ2n) is 16.5. The molecule has 0 saturated heterocycles. The largest absolute Gasteiger partial charge is 0.540 e. The van der Waals surface area contributed by atoms with Gasteiger partial charge in [-0.05, 0) is 144 Å². The summed E-state index contributed by atoms with van der Waals surface area (Å²) in [4.78, 5) is 21.5. The molecule has 6 unspecified atom stereocenters. The fourth-order valence-corrected chi connectivity index (χ4v) is 11.8. The Labute approximate surface area is 424 Å². The molecule has 0 fully saturated rings. The predicted molar refractivity (Wildman–Crippen MR) is 292 cm³/mol. The molecule has 0 aliphatic heterocycles. The van der Waals surface area contributed by atoms with Crippen LogP contribution in [0.1, 0.15) is 102 Å². The topological polar surface area (TPSA) is 190 Å². The summed E-state index contributed by atoms with van der Waals surface area (Å²) in [6.07, 6.45) is 9.56. The van der Waals surface area contributed by atoms with Gasteiger partial charge in [-0.15, -0.1) is 24.9 Å². The summed E-state index contributed by atoms with van der Waals surface area (Å²) in [5, 5.41) is 16.3. The number of azide groups is 1. The van der Waals surface area contributed by atoms with E-state index >= 15 is 0 Å². The standard InChI is InChI=1S/C46H60N9O7P4S3/c1-10-13-31-44(4,51-52-47)59-40-22-14-36(15-23-40)32-49-54(8)64(68)46(6,30-11-2)61-42-24-16-37(17-25-42)34-50-55(9)65(69)62-43-28-18-38(19-29-43)33-48-53(7)63(67)45(5,12-3)60-41-26-20-39(21-27-41)35-66(56,57)58/h14-29,32-34H,10-13,30-31,35H2,1-9H3/q+1/p+2/b48-33+,49-32+,50-34+. The molecular formula is C46H62N9O7P4S3+3. The van der Waals surface area contributed by atoms with Gasteiger partial charge >= 0.3 is 28.4 Å². The summed E-state index contributed by atoms with van der Waals surface area (Å²) in [6.45, 7) is 9.34. The number of unbranched alkanes of at least 4 members (excludes halogenated alkanes) is 1. The highest BCUT2D eigenvalue weighted by molar-refractivity contribution is 8.05. The zero-order chi connectivity index (χ0) is 50.8. The summed E-state index contributed by atoms with van der Waals surface area (Å²) in [6, 6.07) is 29.2. The van der Waals surface area contributed by atoms with Crippen molar-refractivity contribution in [3.63, 3.8) is 0 Å². The Morgan fingerprint density at radius 1 is 0.638 bits per heavy atom. The van der Waals surface area contributed by atoms with E-state index in [1.54, 1.807) is 71.2 Å². The van der Waals surface area contributed by atoms with Crippen molar-refractivity contribution in [2.75, 3.05) is 21.1 Å². The van der Waals surface area contributed by atoms with Crippen LogP contribution in [0.5, 0.6) is 23.0 Å². The van der Waals surface area contributed by atoms with E-state index in [1.165, 1.54) is 0 Å². The molecule has 16 nitrogen and oxygen atoms in total. The van der Waals surface area contributed by atoms with Crippen LogP contribution in [-0.2, 0) is 46.1 Å². The first kappa shape index (κ1) is 57.1. The van der Waals surface area contributed by atoms with E-state index < -0.39 is 44.8 Å². The average Bonchev–Trinajstić information content (AvgIpc) is 3.32. The van der Waals surface area contributed by atoms with Crippen LogP contribution in [0.15, 0.2) is 117 Å². The van der Waals surface area contributed by atoms with Crippen LogP contribution in [0.4, 0.5) is 0 Å². The van der Waals surface area contributed by atoms with E-state index in [0.29, 0.717) is 41.4 Å². The van der Waals surface area contributed by atoms with Crippen molar-refractivity contribution in [3.8, 4) is 23.0 Å². The summed E-state index contributed by atoms with van der Waals surface area (Å²) in [5.74, 6) is 2.45. The van der Waals surface area contributed by atoms with Gasteiger partial charge in [0, 0.05) is 31.6 Å². The molecule has 0 spiro atoms. The third-order valence-electron chi connectivity index (χ3n) is 10.5. The molecule has 0 aliphatic rings. The highest BCUT2D eigenvalue weighted by Crippen LogP contribution is 2.47. The highest BCUT2D eigenvalue weighted by atomic mass is 32.4. The molecule has 0 radical (unpaired) electrons. The Morgan fingerprint density at radius 2 is 1.06 bits per heavy atom. The molecule has 4 aromatic carbocycles. The molecule has 4 aromatic rings. The number of hydrazone groups is 3. The lowest BCUT2D eigenvalue weighted by molar-refractivity contribution is 0.0840. The van der Waals surface area contributed by atoms with Gasteiger partial charge in [0.25, 0.3) is 10.7 Å². The predicted octanol–water partition coefficient (Wildman–Crippen LogP) is 13.1. The van der Waals surface area contributed by atoms with Crippen molar-refractivity contribution in [2.24, 2.45) is 20.4 Å². The summed E-state index contributed by atoms with van der Waals surface area (Å²) < 4.78 is 41.6. The molecule has 6 atom stereocenters. The lowest BCUT2D eigenvalue weighted by Gasteiger charge is -2.25. The number of ether oxygens (including phenoxy) is 3. The van der Waals surface area contributed by atoms with Crippen molar-refractivity contribution >= 4 is 82.4 Å². The number of benzene rings is 4. The molecule has 0 bridgehead atoms. The maximum Gasteiger partial charge on any atom is 0.540 e. The second kappa shape index (κ2) is 26.6. The molecule has 368 valence electrons. The Balaban J connectivity index is 1.29. The van der Waals surface area contributed by atoms with E-state index in [2.05, 4.69) is 39.2 Å². The van der Waals surface area contributed by atoms with Crippen LogP contribution in [0.2, 0.25) is 0 Å². The van der Waals surface area contributed by atoms with E-state index in [9.17, 15) is 14.4 Å². The second-order valence-corrected chi connectivity index (χ2v) is 26.5. The molecule has 0 aliphatic carbocycles. The van der Waals surface area contributed by atoms with Crippen LogP contribution in [-0.4, -0.2) is 80.3 Å². The van der Waals surface area contributed by atoms with Crippen LogP contribution < -0.4 is 18.7 Å². The lowest BCUT2D eigenvalue weighted by Crippen LogP contribution is -2.31. The van der Waals surface area contributed by atoms with E-state index in [0.717, 1.165) is 42.4 Å². The van der Waals surface area contributed by atoms with Gasteiger partial charge in [0.1, 0.15) is 17.2 Å². The van der Waals surface area contributed by atoms with Crippen molar-refractivity contribution < 1.29 is 33.1 Å². The van der Waals surface area contributed by atoms with Gasteiger partial charge in [0.05, 0.1) is 45.9 Å². The fraction of sp³-hybridized carbons (Fsp3) is 0.413. The van der Waals surface area contributed by atoms with Gasteiger partial charge in [-0.25, -0.2) is 0 Å². The first-order chi connectivity index (χ1) is 32.6. The minimum Gasteiger partial charge on any atom is -0.481 e. The third kappa shape index (κ3) is 18.3. The monoisotopic (exact) mass is 1070 g/mol. The molecular weight excluding hydrogens is 1010 g/mol. The molecule has 0 saturated carbocycles. The van der Waals surface area contributed by atoms with E-state index in [4.69, 9.17) is 59.7 Å². The Bertz CT molecular complexity index is 2550. The van der Waals surface area contributed by atoms with Crippen molar-refractivity contribution in [2.45, 2.75) is 103 Å². The van der Waals surface area contributed by atoms with Crippen LogP contribution in [0, 0.1) is 0 Å².